The van der Waals surface area contributed by atoms with Crippen LogP contribution in [0.25, 0.3) is 0 Å². The second-order valence-corrected chi connectivity index (χ2v) is 4.97. The van der Waals surface area contributed by atoms with E-state index in [0.29, 0.717) is 18.4 Å². The zero-order valence-corrected chi connectivity index (χ0v) is 10.5. The molecule has 0 heterocycles. The van der Waals surface area contributed by atoms with E-state index in [9.17, 15) is 17.6 Å². The van der Waals surface area contributed by atoms with Crippen LogP contribution in [-0.4, -0.2) is 18.8 Å². The van der Waals surface area contributed by atoms with Crippen LogP contribution in [0.15, 0.2) is 18.2 Å². The number of benzene rings is 1. The van der Waals surface area contributed by atoms with Crippen molar-refractivity contribution in [1.82, 2.24) is 0 Å². The Morgan fingerprint density at radius 1 is 1.37 bits per heavy atom. The Labute approximate surface area is 109 Å². The Hall–Kier alpha value is -1.30. The van der Waals surface area contributed by atoms with E-state index in [-0.39, 0.29) is 17.8 Å². The first-order valence-corrected chi connectivity index (χ1v) is 6.16. The molecule has 1 aromatic carbocycles. The molecule has 1 saturated carbocycles. The maximum atomic E-state index is 14.0. The molecule has 2 N–H and O–H groups in total. The van der Waals surface area contributed by atoms with Gasteiger partial charge in [-0.15, -0.1) is 0 Å². The third-order valence-corrected chi connectivity index (χ3v) is 3.14. The highest BCUT2D eigenvalue weighted by Gasteiger charge is 2.39. The van der Waals surface area contributed by atoms with Crippen LogP contribution >= 0.6 is 0 Å². The number of hydrogen-bond donors (Lipinski definition) is 1. The van der Waals surface area contributed by atoms with Crippen molar-refractivity contribution < 1.29 is 17.6 Å². The van der Waals surface area contributed by atoms with Gasteiger partial charge in [0.2, 0.25) is 0 Å². The number of halogens is 4. The molecule has 0 spiro atoms. The van der Waals surface area contributed by atoms with Crippen LogP contribution in [0.2, 0.25) is 0 Å². The Morgan fingerprint density at radius 2 is 2.00 bits per heavy atom. The Kier molecular flexibility index (Phi) is 3.71. The van der Waals surface area contributed by atoms with E-state index in [1.807, 2.05) is 0 Å². The van der Waals surface area contributed by atoms with E-state index in [1.54, 1.807) is 13.0 Å². The molecule has 19 heavy (non-hydrogen) atoms. The van der Waals surface area contributed by atoms with Crippen LogP contribution in [0, 0.1) is 5.82 Å². The molecule has 1 unspecified atom stereocenters. The van der Waals surface area contributed by atoms with Gasteiger partial charge in [0.15, 0.2) is 0 Å². The van der Waals surface area contributed by atoms with Crippen molar-refractivity contribution in [2.75, 3.05) is 11.4 Å². The quantitative estimate of drug-likeness (QED) is 0.854. The Bertz CT molecular complexity index is 452. The number of rotatable bonds is 4. The highest BCUT2D eigenvalue weighted by atomic mass is 19.4. The van der Waals surface area contributed by atoms with Gasteiger partial charge in [0, 0.05) is 12.1 Å². The summed E-state index contributed by atoms with van der Waals surface area (Å²) < 4.78 is 51.6. The fourth-order valence-corrected chi connectivity index (χ4v) is 2.03. The number of hydrogen-bond acceptors (Lipinski definition) is 2. The lowest BCUT2D eigenvalue weighted by Crippen LogP contribution is -2.36. The zero-order chi connectivity index (χ0) is 14.2. The highest BCUT2D eigenvalue weighted by molar-refractivity contribution is 5.51. The lowest BCUT2D eigenvalue weighted by molar-refractivity contribution is -0.120. The molecule has 1 aromatic rings. The van der Waals surface area contributed by atoms with E-state index in [2.05, 4.69) is 0 Å². The molecule has 6 heteroatoms. The van der Waals surface area contributed by atoms with E-state index in [0.717, 1.165) is 4.90 Å². The van der Waals surface area contributed by atoms with E-state index >= 15 is 0 Å². The van der Waals surface area contributed by atoms with Crippen molar-refractivity contribution >= 4 is 5.69 Å². The zero-order valence-electron chi connectivity index (χ0n) is 10.5. The predicted molar refractivity (Wildman–Crippen MR) is 65.4 cm³/mol. The second kappa shape index (κ2) is 5.00. The summed E-state index contributed by atoms with van der Waals surface area (Å²) in [6.45, 7) is 0.578. The fourth-order valence-electron chi connectivity index (χ4n) is 2.03. The van der Waals surface area contributed by atoms with Crippen molar-refractivity contribution in [2.45, 2.75) is 38.0 Å². The monoisotopic (exact) mass is 276 g/mol. The minimum atomic E-state index is -4.34. The van der Waals surface area contributed by atoms with Crippen molar-refractivity contribution in [3.8, 4) is 0 Å². The van der Waals surface area contributed by atoms with Crippen molar-refractivity contribution in [1.29, 1.82) is 0 Å². The predicted octanol–water partition coefficient (Wildman–Crippen LogP) is 3.38. The maximum Gasteiger partial charge on any atom is 0.405 e. The average Bonchev–Trinajstić information content (AvgIpc) is 3.08. The molecule has 0 aliphatic heterocycles. The topological polar surface area (TPSA) is 29.3 Å². The van der Waals surface area contributed by atoms with Gasteiger partial charge in [-0.1, -0.05) is 6.07 Å². The summed E-state index contributed by atoms with van der Waals surface area (Å²) in [5.74, 6) is -0.647. The van der Waals surface area contributed by atoms with Gasteiger partial charge < -0.3 is 10.6 Å². The lowest BCUT2D eigenvalue weighted by Gasteiger charge is -2.26. The number of nitrogens with two attached hydrogens (primary N) is 1. The fraction of sp³-hybridized carbons (Fsp3) is 0.538. The van der Waals surface area contributed by atoms with Crippen molar-refractivity contribution in [3.05, 3.63) is 29.6 Å². The largest absolute Gasteiger partial charge is 0.405 e. The van der Waals surface area contributed by atoms with Crippen LogP contribution < -0.4 is 10.6 Å². The SMILES string of the molecule is CC(N)c1ccc(N(CC(F)(F)F)C2CC2)c(F)c1. The first kappa shape index (κ1) is 14.1. The van der Waals surface area contributed by atoms with Crippen LogP contribution in [0.1, 0.15) is 31.4 Å². The number of nitrogens with zero attached hydrogens (tertiary/aromatic N) is 1. The number of anilines is 1. The van der Waals surface area contributed by atoms with Crippen LogP contribution in [0.4, 0.5) is 23.2 Å². The van der Waals surface area contributed by atoms with E-state index in [4.69, 9.17) is 5.73 Å². The third kappa shape index (κ3) is 3.59. The highest BCUT2D eigenvalue weighted by Crippen LogP contribution is 2.36. The summed E-state index contributed by atoms with van der Waals surface area (Å²) in [5.41, 5.74) is 6.20. The first-order chi connectivity index (χ1) is 8.78. The minimum Gasteiger partial charge on any atom is -0.357 e. The van der Waals surface area contributed by atoms with Gasteiger partial charge in [-0.2, -0.15) is 13.2 Å². The molecule has 0 bridgehead atoms. The normalized spacial score (nSPS) is 17.4. The summed E-state index contributed by atoms with van der Waals surface area (Å²) >= 11 is 0. The van der Waals surface area contributed by atoms with Crippen LogP contribution in [0.5, 0.6) is 0 Å². The summed E-state index contributed by atoms with van der Waals surface area (Å²) in [6.07, 6.45) is -3.00. The lowest BCUT2D eigenvalue weighted by atomic mass is 10.1. The summed E-state index contributed by atoms with van der Waals surface area (Å²) in [6, 6.07) is 3.62. The van der Waals surface area contributed by atoms with Gasteiger partial charge in [-0.05, 0) is 37.5 Å². The molecule has 0 aromatic heterocycles. The Balaban J connectivity index is 2.27. The maximum absolute atomic E-state index is 14.0. The molecule has 106 valence electrons. The molecule has 1 fully saturated rings. The second-order valence-electron chi connectivity index (χ2n) is 4.97. The third-order valence-electron chi connectivity index (χ3n) is 3.14. The van der Waals surface area contributed by atoms with Gasteiger partial charge in [0.05, 0.1) is 5.69 Å². The van der Waals surface area contributed by atoms with Gasteiger partial charge in [0.1, 0.15) is 12.4 Å². The molecular weight excluding hydrogens is 260 g/mol. The standard InChI is InChI=1S/C13H16F4N2/c1-8(18)9-2-5-12(11(14)6-9)19(10-3-4-10)7-13(15,16)17/h2,5-6,8,10H,3-4,7,18H2,1H3. The molecule has 0 radical (unpaired) electrons. The summed E-state index contributed by atoms with van der Waals surface area (Å²) in [7, 11) is 0. The average molecular weight is 276 g/mol. The van der Waals surface area contributed by atoms with Crippen LogP contribution in [-0.2, 0) is 0 Å². The molecule has 0 saturated heterocycles. The van der Waals surface area contributed by atoms with Gasteiger partial charge in [-0.3, -0.25) is 0 Å². The van der Waals surface area contributed by atoms with E-state index in [1.165, 1.54) is 12.1 Å². The van der Waals surface area contributed by atoms with Crippen molar-refractivity contribution in [3.63, 3.8) is 0 Å². The molecular formula is C13H16F4N2. The Morgan fingerprint density at radius 3 is 2.42 bits per heavy atom. The molecule has 1 aliphatic carbocycles. The molecule has 1 atom stereocenters. The van der Waals surface area contributed by atoms with Gasteiger partial charge >= 0.3 is 6.18 Å². The van der Waals surface area contributed by atoms with Crippen molar-refractivity contribution in [2.24, 2.45) is 5.73 Å². The van der Waals surface area contributed by atoms with Crippen LogP contribution in [0.3, 0.4) is 0 Å². The number of alkyl halides is 3. The molecule has 1 aliphatic rings. The van der Waals surface area contributed by atoms with Gasteiger partial charge in [0.25, 0.3) is 0 Å². The van der Waals surface area contributed by atoms with E-state index < -0.39 is 18.5 Å². The smallest absolute Gasteiger partial charge is 0.357 e. The first-order valence-electron chi connectivity index (χ1n) is 6.16. The minimum absolute atomic E-state index is 0.00391. The molecule has 2 rings (SSSR count). The summed E-state index contributed by atoms with van der Waals surface area (Å²) in [5, 5.41) is 0. The molecule has 0 amide bonds. The summed E-state index contributed by atoms with van der Waals surface area (Å²) in [4.78, 5) is 1.10. The molecule has 2 nitrogen and oxygen atoms in total. The van der Waals surface area contributed by atoms with Gasteiger partial charge in [-0.25, -0.2) is 4.39 Å².